The standard InChI is InChI=1S/C11H16Cl3NO4/c1-4-18-8(16)5-7-9(17-3)6(2)19-10(15-7)11(12,13)14/h6-7,9H,4-5H2,1-3H3/t6-,7+,9-/m1/s1. The van der Waals surface area contributed by atoms with E-state index in [2.05, 4.69) is 4.99 Å². The molecule has 3 atom stereocenters. The first-order chi connectivity index (χ1) is 8.79. The number of ether oxygens (including phenoxy) is 3. The highest BCUT2D eigenvalue weighted by Gasteiger charge is 2.41. The predicted octanol–water partition coefficient (Wildman–Crippen LogP) is 2.51. The molecule has 0 aromatic rings. The van der Waals surface area contributed by atoms with Crippen LogP contribution in [0.2, 0.25) is 0 Å². The third-order valence-corrected chi connectivity index (χ3v) is 3.10. The number of alkyl halides is 3. The summed E-state index contributed by atoms with van der Waals surface area (Å²) in [5, 5.41) is 0. The zero-order valence-corrected chi connectivity index (χ0v) is 13.1. The lowest BCUT2D eigenvalue weighted by Crippen LogP contribution is -2.47. The highest BCUT2D eigenvalue weighted by Crippen LogP contribution is 2.33. The van der Waals surface area contributed by atoms with Gasteiger partial charge in [0.25, 0.3) is 3.79 Å². The summed E-state index contributed by atoms with van der Waals surface area (Å²) >= 11 is 17.2. The molecule has 0 aromatic heterocycles. The molecule has 0 aromatic carbocycles. The Morgan fingerprint density at radius 2 is 2.11 bits per heavy atom. The van der Waals surface area contributed by atoms with Crippen LogP contribution in [0.3, 0.4) is 0 Å². The van der Waals surface area contributed by atoms with Crippen LogP contribution in [-0.4, -0.2) is 47.6 Å². The van der Waals surface area contributed by atoms with E-state index in [1.165, 1.54) is 7.11 Å². The van der Waals surface area contributed by atoms with Gasteiger partial charge in [-0.1, -0.05) is 34.8 Å². The predicted molar refractivity (Wildman–Crippen MR) is 74.1 cm³/mol. The van der Waals surface area contributed by atoms with Gasteiger partial charge in [0, 0.05) is 7.11 Å². The Balaban J connectivity index is 2.90. The van der Waals surface area contributed by atoms with Gasteiger partial charge in [-0.2, -0.15) is 0 Å². The Labute approximate surface area is 127 Å². The average Bonchev–Trinajstić information content (AvgIpc) is 2.27. The normalized spacial score (nSPS) is 27.5. The molecule has 0 fully saturated rings. The zero-order valence-electron chi connectivity index (χ0n) is 10.9. The van der Waals surface area contributed by atoms with Crippen LogP contribution in [0.15, 0.2) is 4.99 Å². The van der Waals surface area contributed by atoms with E-state index in [9.17, 15) is 4.79 Å². The number of aliphatic imine (C=N–C) groups is 1. The second-order valence-electron chi connectivity index (χ2n) is 4.03. The average molecular weight is 333 g/mol. The number of carbonyl (C=O) groups excluding carboxylic acids is 1. The quantitative estimate of drug-likeness (QED) is 0.586. The second-order valence-corrected chi connectivity index (χ2v) is 6.31. The third kappa shape index (κ3) is 4.67. The summed E-state index contributed by atoms with van der Waals surface area (Å²) in [4.78, 5) is 15.7. The van der Waals surface area contributed by atoms with Crippen LogP contribution < -0.4 is 0 Å². The monoisotopic (exact) mass is 331 g/mol. The fraction of sp³-hybridized carbons (Fsp3) is 0.818. The summed E-state index contributed by atoms with van der Waals surface area (Å²) < 4.78 is 13.8. The minimum atomic E-state index is -1.76. The van der Waals surface area contributed by atoms with Crippen molar-refractivity contribution in [1.82, 2.24) is 0 Å². The summed E-state index contributed by atoms with van der Waals surface area (Å²) in [5.74, 6) is -0.413. The molecule has 1 rings (SSSR count). The van der Waals surface area contributed by atoms with Gasteiger partial charge >= 0.3 is 5.97 Å². The van der Waals surface area contributed by atoms with Gasteiger partial charge in [0.1, 0.15) is 12.2 Å². The number of carbonyl (C=O) groups is 1. The Morgan fingerprint density at radius 1 is 1.47 bits per heavy atom. The summed E-state index contributed by atoms with van der Waals surface area (Å²) in [6, 6.07) is -0.501. The molecule has 0 unspecified atom stereocenters. The molecule has 5 nitrogen and oxygen atoms in total. The van der Waals surface area contributed by atoms with Gasteiger partial charge in [0.2, 0.25) is 5.90 Å². The van der Waals surface area contributed by atoms with Crippen molar-refractivity contribution in [2.75, 3.05) is 13.7 Å². The molecule has 0 saturated heterocycles. The lowest BCUT2D eigenvalue weighted by atomic mass is 10.0. The fourth-order valence-electron chi connectivity index (χ4n) is 1.85. The zero-order chi connectivity index (χ0) is 14.6. The van der Waals surface area contributed by atoms with Crippen LogP contribution in [0.25, 0.3) is 0 Å². The molecule has 0 aliphatic carbocycles. The number of methoxy groups -OCH3 is 1. The molecule has 0 amide bonds. The van der Waals surface area contributed by atoms with E-state index in [1.54, 1.807) is 13.8 Å². The number of esters is 1. The van der Waals surface area contributed by atoms with Crippen LogP contribution in [0.1, 0.15) is 20.3 Å². The van der Waals surface area contributed by atoms with Crippen molar-refractivity contribution in [3.8, 4) is 0 Å². The molecule has 0 spiro atoms. The van der Waals surface area contributed by atoms with Gasteiger partial charge in [-0.15, -0.1) is 0 Å². The first-order valence-corrected chi connectivity index (χ1v) is 6.93. The van der Waals surface area contributed by atoms with Crippen molar-refractivity contribution in [3.05, 3.63) is 0 Å². The molecule has 0 saturated carbocycles. The van der Waals surface area contributed by atoms with Gasteiger partial charge in [-0.25, -0.2) is 4.99 Å². The molecule has 8 heteroatoms. The first kappa shape index (κ1) is 16.8. The highest BCUT2D eigenvalue weighted by molar-refractivity contribution is 6.76. The van der Waals surface area contributed by atoms with Crippen LogP contribution >= 0.6 is 34.8 Å². The number of rotatable bonds is 4. The summed E-state index contributed by atoms with van der Waals surface area (Å²) in [7, 11) is 1.51. The molecule has 1 aliphatic heterocycles. The fourth-order valence-corrected chi connectivity index (χ4v) is 2.13. The van der Waals surface area contributed by atoms with Gasteiger partial charge in [-0.05, 0) is 13.8 Å². The lowest BCUT2D eigenvalue weighted by molar-refractivity contribution is -0.145. The molecule has 19 heavy (non-hydrogen) atoms. The first-order valence-electron chi connectivity index (χ1n) is 5.79. The number of hydrogen-bond donors (Lipinski definition) is 0. The second kappa shape index (κ2) is 6.97. The van der Waals surface area contributed by atoms with Gasteiger partial charge in [0.05, 0.1) is 19.1 Å². The topological polar surface area (TPSA) is 57.1 Å². The number of halogens is 3. The molecule has 110 valence electrons. The van der Waals surface area contributed by atoms with Crippen molar-refractivity contribution in [2.24, 2.45) is 4.99 Å². The Kier molecular flexibility index (Phi) is 6.17. The Hall–Kier alpha value is -0.230. The molecule has 0 bridgehead atoms. The highest BCUT2D eigenvalue weighted by atomic mass is 35.6. The van der Waals surface area contributed by atoms with Crippen molar-refractivity contribution >= 4 is 46.7 Å². The van der Waals surface area contributed by atoms with Crippen LogP contribution in [0.5, 0.6) is 0 Å². The maximum absolute atomic E-state index is 11.5. The molecular weight excluding hydrogens is 316 g/mol. The van der Waals surface area contributed by atoms with Crippen LogP contribution in [0.4, 0.5) is 0 Å². The largest absolute Gasteiger partial charge is 0.472 e. The van der Waals surface area contributed by atoms with E-state index >= 15 is 0 Å². The smallest absolute Gasteiger partial charge is 0.308 e. The van der Waals surface area contributed by atoms with Crippen molar-refractivity contribution in [3.63, 3.8) is 0 Å². The van der Waals surface area contributed by atoms with Gasteiger partial charge in [-0.3, -0.25) is 4.79 Å². The molecule has 1 aliphatic rings. The number of hydrogen-bond acceptors (Lipinski definition) is 5. The Bertz CT molecular complexity index is 356. The van der Waals surface area contributed by atoms with E-state index in [0.717, 1.165) is 0 Å². The van der Waals surface area contributed by atoms with E-state index in [-0.39, 0.29) is 24.4 Å². The van der Waals surface area contributed by atoms with Crippen molar-refractivity contribution in [2.45, 2.75) is 42.3 Å². The van der Waals surface area contributed by atoms with Crippen LogP contribution in [0, 0.1) is 0 Å². The lowest BCUT2D eigenvalue weighted by Gasteiger charge is -2.35. The van der Waals surface area contributed by atoms with Gasteiger partial charge in [0.15, 0.2) is 0 Å². The maximum atomic E-state index is 11.5. The summed E-state index contributed by atoms with van der Waals surface area (Å²) in [5.41, 5.74) is 0. The van der Waals surface area contributed by atoms with E-state index in [4.69, 9.17) is 49.0 Å². The third-order valence-electron chi connectivity index (χ3n) is 2.62. The van der Waals surface area contributed by atoms with Crippen molar-refractivity contribution < 1.29 is 19.0 Å². The minimum Gasteiger partial charge on any atom is -0.472 e. The van der Waals surface area contributed by atoms with Crippen LogP contribution in [-0.2, 0) is 19.0 Å². The van der Waals surface area contributed by atoms with E-state index in [1.807, 2.05) is 0 Å². The summed E-state index contributed by atoms with van der Waals surface area (Å²) in [6.07, 6.45) is -0.738. The number of nitrogens with zero attached hydrogens (tertiary/aromatic N) is 1. The molecule has 0 radical (unpaired) electrons. The molecular formula is C11H16Cl3NO4. The summed E-state index contributed by atoms with van der Waals surface area (Å²) in [6.45, 7) is 3.79. The molecule has 0 N–H and O–H groups in total. The van der Waals surface area contributed by atoms with E-state index < -0.39 is 15.9 Å². The Morgan fingerprint density at radius 3 is 2.58 bits per heavy atom. The maximum Gasteiger partial charge on any atom is 0.308 e. The van der Waals surface area contributed by atoms with Crippen molar-refractivity contribution in [1.29, 1.82) is 0 Å². The SMILES string of the molecule is CCOC(=O)C[C@@H]1N=C(C(Cl)(Cl)Cl)O[C@H](C)[C@H]1OC. The minimum absolute atomic E-state index is 0.0346. The van der Waals surface area contributed by atoms with Gasteiger partial charge < -0.3 is 14.2 Å². The molecule has 1 heterocycles. The van der Waals surface area contributed by atoms with E-state index in [0.29, 0.717) is 6.61 Å².